The van der Waals surface area contributed by atoms with Crippen LogP contribution in [0.2, 0.25) is 0 Å². The van der Waals surface area contributed by atoms with Crippen molar-refractivity contribution < 1.29 is 9.90 Å². The highest BCUT2D eigenvalue weighted by atomic mass is 79.9. The van der Waals surface area contributed by atoms with Gasteiger partial charge in [-0.3, -0.25) is 4.79 Å². The number of carboxylic acids is 1. The van der Waals surface area contributed by atoms with Crippen molar-refractivity contribution in [3.05, 3.63) is 34.3 Å². The van der Waals surface area contributed by atoms with Crippen LogP contribution in [0.5, 0.6) is 0 Å². The highest BCUT2D eigenvalue weighted by molar-refractivity contribution is 9.10. The average Bonchev–Trinajstić information content (AvgIpc) is 2.04. The molecule has 0 spiro atoms. The molecule has 0 aliphatic rings. The third kappa shape index (κ3) is 2.25. The molecule has 0 amide bonds. The van der Waals surface area contributed by atoms with Gasteiger partial charge in [-0.25, -0.2) is 0 Å². The van der Waals surface area contributed by atoms with Gasteiger partial charge in [0.05, 0.1) is 0 Å². The molecule has 0 aliphatic heterocycles. The van der Waals surface area contributed by atoms with E-state index in [9.17, 15) is 4.79 Å². The summed E-state index contributed by atoms with van der Waals surface area (Å²) in [5.41, 5.74) is 0.689. The summed E-state index contributed by atoms with van der Waals surface area (Å²) < 4.78 is 0.928. The van der Waals surface area contributed by atoms with Crippen LogP contribution < -0.4 is 0 Å². The van der Waals surface area contributed by atoms with Crippen LogP contribution in [0.25, 0.3) is 0 Å². The number of hydrogen-bond donors (Lipinski definition) is 2. The fourth-order valence-electron chi connectivity index (χ4n) is 0.788. The molecule has 1 N–H and O–H groups in total. The molecule has 0 radical (unpaired) electrons. The first kappa shape index (κ1) is 9.61. The Morgan fingerprint density at radius 1 is 1.42 bits per heavy atom. The van der Waals surface area contributed by atoms with E-state index in [0.717, 1.165) is 4.47 Å². The van der Waals surface area contributed by atoms with E-state index in [4.69, 9.17) is 5.11 Å². The maximum absolute atomic E-state index is 10.5. The minimum absolute atomic E-state index is 0.689. The molecule has 0 aromatic heterocycles. The topological polar surface area (TPSA) is 37.3 Å². The van der Waals surface area contributed by atoms with Crippen LogP contribution in [-0.2, 0) is 4.79 Å². The van der Waals surface area contributed by atoms with Crippen LogP contribution in [0, 0.1) is 0 Å². The predicted octanol–water partition coefficient (Wildman–Crippen LogP) is 2.50. The summed E-state index contributed by atoms with van der Waals surface area (Å²) in [4.78, 5) is 10.5. The molecule has 1 aromatic rings. The highest BCUT2D eigenvalue weighted by Crippen LogP contribution is 2.21. The Hall–Kier alpha value is -0.480. The molecule has 2 nitrogen and oxygen atoms in total. The summed E-state index contributed by atoms with van der Waals surface area (Å²) in [5.74, 6) is -0.930. The lowest BCUT2D eigenvalue weighted by Gasteiger charge is -2.04. The number of halogens is 1. The number of carboxylic acid groups (broad SMARTS) is 1. The van der Waals surface area contributed by atoms with E-state index in [0.29, 0.717) is 5.56 Å². The molecule has 1 unspecified atom stereocenters. The Morgan fingerprint density at radius 3 is 2.33 bits per heavy atom. The molecule has 0 bridgehead atoms. The molecule has 0 saturated carbocycles. The minimum atomic E-state index is -0.930. The zero-order valence-corrected chi connectivity index (χ0v) is 8.55. The summed E-state index contributed by atoms with van der Waals surface area (Å²) in [6.45, 7) is 0. The Bertz CT molecular complexity index is 284. The first-order chi connectivity index (χ1) is 5.61. The van der Waals surface area contributed by atoms with Gasteiger partial charge in [0, 0.05) is 4.47 Å². The van der Waals surface area contributed by atoms with Crippen LogP contribution in [0.1, 0.15) is 10.8 Å². The highest BCUT2D eigenvalue weighted by Gasteiger charge is 2.13. The third-order valence-electron chi connectivity index (χ3n) is 1.42. The van der Waals surface area contributed by atoms with E-state index in [2.05, 4.69) is 28.6 Å². The number of benzene rings is 1. The van der Waals surface area contributed by atoms with E-state index in [1.807, 2.05) is 0 Å². The van der Waals surface area contributed by atoms with Crippen molar-refractivity contribution in [2.24, 2.45) is 0 Å². The first-order valence-electron chi connectivity index (χ1n) is 3.27. The average molecular weight is 247 g/mol. The molecular weight excluding hydrogens is 240 g/mol. The SMILES string of the molecule is O=C(O)C(S)c1ccc(Br)cc1. The van der Waals surface area contributed by atoms with Crippen molar-refractivity contribution in [2.75, 3.05) is 0 Å². The second-order valence-corrected chi connectivity index (χ2v) is 3.72. The number of thiol groups is 1. The zero-order chi connectivity index (χ0) is 9.14. The largest absolute Gasteiger partial charge is 0.480 e. The van der Waals surface area contributed by atoms with E-state index < -0.39 is 11.2 Å². The molecule has 1 rings (SSSR count). The summed E-state index contributed by atoms with van der Waals surface area (Å²) in [7, 11) is 0. The molecule has 64 valence electrons. The van der Waals surface area contributed by atoms with Crippen LogP contribution in [0.3, 0.4) is 0 Å². The van der Waals surface area contributed by atoms with Gasteiger partial charge in [0.15, 0.2) is 0 Å². The van der Waals surface area contributed by atoms with Crippen molar-refractivity contribution in [1.29, 1.82) is 0 Å². The minimum Gasteiger partial charge on any atom is -0.480 e. The molecule has 0 heterocycles. The molecule has 0 saturated heterocycles. The van der Waals surface area contributed by atoms with Crippen molar-refractivity contribution in [3.63, 3.8) is 0 Å². The van der Waals surface area contributed by atoms with Crippen LogP contribution >= 0.6 is 28.6 Å². The normalized spacial score (nSPS) is 12.5. The number of carbonyl (C=O) groups is 1. The summed E-state index contributed by atoms with van der Waals surface area (Å²) >= 11 is 7.19. The molecule has 0 aliphatic carbocycles. The second-order valence-electron chi connectivity index (χ2n) is 2.29. The smallest absolute Gasteiger partial charge is 0.320 e. The Kier molecular flexibility index (Phi) is 3.17. The maximum atomic E-state index is 10.5. The van der Waals surface area contributed by atoms with E-state index in [1.54, 1.807) is 24.3 Å². The van der Waals surface area contributed by atoms with Gasteiger partial charge in [-0.2, -0.15) is 12.6 Å². The van der Waals surface area contributed by atoms with Crippen molar-refractivity contribution in [3.8, 4) is 0 Å². The van der Waals surface area contributed by atoms with Gasteiger partial charge in [-0.15, -0.1) is 0 Å². The Labute approximate surface area is 84.1 Å². The predicted molar refractivity (Wildman–Crippen MR) is 53.5 cm³/mol. The third-order valence-corrected chi connectivity index (χ3v) is 2.47. The fraction of sp³-hybridized carbons (Fsp3) is 0.125. The number of aliphatic carboxylic acids is 1. The molecular formula is C8H7BrO2S. The lowest BCUT2D eigenvalue weighted by Crippen LogP contribution is -2.04. The number of hydrogen-bond acceptors (Lipinski definition) is 2. The van der Waals surface area contributed by atoms with Crippen LogP contribution in [0.15, 0.2) is 28.7 Å². The van der Waals surface area contributed by atoms with Gasteiger partial charge in [-0.1, -0.05) is 28.1 Å². The fourth-order valence-corrected chi connectivity index (χ4v) is 1.22. The van der Waals surface area contributed by atoms with Crippen LogP contribution in [-0.4, -0.2) is 11.1 Å². The van der Waals surface area contributed by atoms with E-state index in [-0.39, 0.29) is 0 Å². The number of rotatable bonds is 2. The lowest BCUT2D eigenvalue weighted by atomic mass is 10.1. The van der Waals surface area contributed by atoms with Crippen molar-refractivity contribution in [1.82, 2.24) is 0 Å². The van der Waals surface area contributed by atoms with E-state index in [1.165, 1.54) is 0 Å². The maximum Gasteiger partial charge on any atom is 0.320 e. The van der Waals surface area contributed by atoms with Gasteiger partial charge >= 0.3 is 5.97 Å². The van der Waals surface area contributed by atoms with Gasteiger partial charge in [0.2, 0.25) is 0 Å². The van der Waals surface area contributed by atoms with Gasteiger partial charge in [-0.05, 0) is 17.7 Å². The summed E-state index contributed by atoms with van der Waals surface area (Å²) in [6, 6.07) is 7.05. The second kappa shape index (κ2) is 3.96. The lowest BCUT2D eigenvalue weighted by molar-refractivity contribution is -0.136. The van der Waals surface area contributed by atoms with Crippen molar-refractivity contribution >= 4 is 34.5 Å². The monoisotopic (exact) mass is 246 g/mol. The molecule has 1 aromatic carbocycles. The summed E-state index contributed by atoms with van der Waals surface area (Å²) in [6.07, 6.45) is 0. The quantitative estimate of drug-likeness (QED) is 0.788. The van der Waals surface area contributed by atoms with Gasteiger partial charge < -0.3 is 5.11 Å². The molecule has 12 heavy (non-hydrogen) atoms. The first-order valence-corrected chi connectivity index (χ1v) is 4.58. The van der Waals surface area contributed by atoms with Gasteiger partial charge in [0.25, 0.3) is 0 Å². The van der Waals surface area contributed by atoms with E-state index >= 15 is 0 Å². The van der Waals surface area contributed by atoms with Crippen molar-refractivity contribution in [2.45, 2.75) is 5.25 Å². The molecule has 0 fully saturated rings. The standard InChI is InChI=1S/C8H7BrO2S/c9-6-3-1-5(2-4-6)7(12)8(10)11/h1-4,7,12H,(H,10,11). The van der Waals surface area contributed by atoms with Gasteiger partial charge in [0.1, 0.15) is 5.25 Å². The summed E-state index contributed by atoms with van der Waals surface area (Å²) in [5, 5.41) is 7.88. The molecule has 1 atom stereocenters. The molecule has 4 heteroatoms. The van der Waals surface area contributed by atoms with Crippen LogP contribution in [0.4, 0.5) is 0 Å². The Balaban J connectivity index is 2.89. The zero-order valence-electron chi connectivity index (χ0n) is 6.07. The Morgan fingerprint density at radius 2 is 1.92 bits per heavy atom.